The molecule has 8 heteroatoms. The van der Waals surface area contributed by atoms with E-state index in [2.05, 4.69) is 15.5 Å². The Morgan fingerprint density at radius 3 is 2.74 bits per heavy atom. The summed E-state index contributed by atoms with van der Waals surface area (Å²) in [5.41, 5.74) is 2.76. The number of nitrogens with zero attached hydrogens (tertiary/aromatic N) is 5. The van der Waals surface area contributed by atoms with Crippen molar-refractivity contribution in [1.82, 2.24) is 25.1 Å². The molecule has 0 saturated carbocycles. The van der Waals surface area contributed by atoms with E-state index in [1.165, 1.54) is 23.1 Å². The van der Waals surface area contributed by atoms with Gasteiger partial charge in [0.2, 0.25) is 5.91 Å². The number of fused-ring (bicyclic) bond motifs is 1. The number of carbonyl (C=O) groups excluding carboxylic acids is 1. The van der Waals surface area contributed by atoms with E-state index in [9.17, 15) is 9.18 Å². The molecule has 0 bridgehead atoms. The van der Waals surface area contributed by atoms with Gasteiger partial charge in [-0.2, -0.15) is 0 Å². The maximum atomic E-state index is 13.2. The highest BCUT2D eigenvalue weighted by molar-refractivity contribution is 5.76. The summed E-state index contributed by atoms with van der Waals surface area (Å²) in [6, 6.07) is 12.1. The second-order valence-electron chi connectivity index (χ2n) is 6.52. The Hall–Kier alpha value is -3.29. The molecule has 0 spiro atoms. The molecule has 27 heavy (non-hydrogen) atoms. The largest absolute Gasteiger partial charge is 0.491 e. The minimum Gasteiger partial charge on any atom is -0.491 e. The average Bonchev–Trinajstić information content (AvgIpc) is 3.11. The molecule has 0 fully saturated rings. The number of carbonyl (C=O) groups is 1. The predicted octanol–water partition coefficient (Wildman–Crippen LogP) is 2.29. The molecule has 1 atom stereocenters. The van der Waals surface area contributed by atoms with Crippen molar-refractivity contribution in [2.24, 2.45) is 0 Å². The lowest BCUT2D eigenvalue weighted by Crippen LogP contribution is -2.41. The fourth-order valence-corrected chi connectivity index (χ4v) is 3.12. The van der Waals surface area contributed by atoms with Crippen LogP contribution in [0.25, 0.3) is 11.1 Å². The SMILES string of the molecule is C[C@H]1COc2ccc(-c3ccc(F)cc3)cc2CN1C(=O)Cn1cnnn1. The van der Waals surface area contributed by atoms with Crippen LogP contribution >= 0.6 is 0 Å². The summed E-state index contributed by atoms with van der Waals surface area (Å²) in [6.07, 6.45) is 1.41. The zero-order chi connectivity index (χ0) is 18.8. The van der Waals surface area contributed by atoms with Crippen LogP contribution in [0.15, 0.2) is 48.8 Å². The Morgan fingerprint density at radius 1 is 1.22 bits per heavy atom. The van der Waals surface area contributed by atoms with E-state index in [0.29, 0.717) is 13.2 Å². The van der Waals surface area contributed by atoms with E-state index < -0.39 is 0 Å². The van der Waals surface area contributed by atoms with Crippen molar-refractivity contribution in [2.45, 2.75) is 26.1 Å². The lowest BCUT2D eigenvalue weighted by Gasteiger charge is -2.26. The van der Waals surface area contributed by atoms with Crippen LogP contribution in [0.5, 0.6) is 5.75 Å². The number of amides is 1. The molecular formula is C19H18FN5O2. The smallest absolute Gasteiger partial charge is 0.245 e. The average molecular weight is 367 g/mol. The lowest BCUT2D eigenvalue weighted by molar-refractivity contribution is -0.135. The van der Waals surface area contributed by atoms with Crippen LogP contribution in [0, 0.1) is 5.82 Å². The number of benzene rings is 2. The molecule has 1 aliphatic heterocycles. The minimum absolute atomic E-state index is 0.0737. The van der Waals surface area contributed by atoms with E-state index in [1.807, 2.05) is 25.1 Å². The fraction of sp³-hybridized carbons (Fsp3) is 0.263. The van der Waals surface area contributed by atoms with Gasteiger partial charge in [-0.1, -0.05) is 18.2 Å². The number of hydrogen-bond acceptors (Lipinski definition) is 5. The Labute approximate surface area is 155 Å². The third-order valence-corrected chi connectivity index (χ3v) is 4.60. The number of hydrogen-bond donors (Lipinski definition) is 0. The monoisotopic (exact) mass is 367 g/mol. The van der Waals surface area contributed by atoms with Gasteiger partial charge in [-0.3, -0.25) is 4.79 Å². The summed E-state index contributed by atoms with van der Waals surface area (Å²) in [5, 5.41) is 10.9. The van der Waals surface area contributed by atoms with Crippen molar-refractivity contribution in [3.63, 3.8) is 0 Å². The van der Waals surface area contributed by atoms with E-state index >= 15 is 0 Å². The third kappa shape index (κ3) is 3.64. The normalized spacial score (nSPS) is 16.4. The predicted molar refractivity (Wildman–Crippen MR) is 95.2 cm³/mol. The van der Waals surface area contributed by atoms with Crippen molar-refractivity contribution in [2.75, 3.05) is 6.61 Å². The second-order valence-corrected chi connectivity index (χ2v) is 6.52. The Balaban J connectivity index is 1.61. The van der Waals surface area contributed by atoms with Crippen molar-refractivity contribution in [3.05, 3.63) is 60.2 Å². The van der Waals surface area contributed by atoms with E-state index in [0.717, 1.165) is 22.4 Å². The molecule has 7 nitrogen and oxygen atoms in total. The minimum atomic E-state index is -0.273. The van der Waals surface area contributed by atoms with Gasteiger partial charge in [-0.05, 0) is 52.7 Å². The summed E-state index contributed by atoms with van der Waals surface area (Å²) in [6.45, 7) is 2.85. The first-order valence-electron chi connectivity index (χ1n) is 8.62. The molecule has 0 aliphatic carbocycles. The zero-order valence-corrected chi connectivity index (χ0v) is 14.7. The van der Waals surface area contributed by atoms with Gasteiger partial charge < -0.3 is 9.64 Å². The molecule has 2 aromatic carbocycles. The van der Waals surface area contributed by atoms with Crippen LogP contribution < -0.4 is 4.74 Å². The van der Waals surface area contributed by atoms with Crippen LogP contribution in [0.4, 0.5) is 4.39 Å². The van der Waals surface area contributed by atoms with Crippen LogP contribution in [-0.4, -0.2) is 43.7 Å². The number of rotatable bonds is 3. The lowest BCUT2D eigenvalue weighted by atomic mass is 10.0. The highest BCUT2D eigenvalue weighted by atomic mass is 19.1. The summed E-state index contributed by atoms with van der Waals surface area (Å²) in [5.74, 6) is 0.397. The van der Waals surface area contributed by atoms with Gasteiger partial charge >= 0.3 is 0 Å². The molecule has 1 aliphatic rings. The molecule has 138 valence electrons. The summed E-state index contributed by atoms with van der Waals surface area (Å²) >= 11 is 0. The molecule has 0 radical (unpaired) electrons. The number of halogens is 1. The summed E-state index contributed by atoms with van der Waals surface area (Å²) < 4.78 is 20.5. The molecule has 0 unspecified atom stereocenters. The highest BCUT2D eigenvalue weighted by Gasteiger charge is 2.26. The van der Waals surface area contributed by atoms with Crippen molar-refractivity contribution in [1.29, 1.82) is 0 Å². The molecule has 1 aromatic heterocycles. The molecular weight excluding hydrogens is 349 g/mol. The molecule has 0 saturated heterocycles. The van der Waals surface area contributed by atoms with E-state index in [1.54, 1.807) is 17.0 Å². The maximum Gasteiger partial charge on any atom is 0.245 e. The Kier molecular flexibility index (Phi) is 4.53. The summed E-state index contributed by atoms with van der Waals surface area (Å²) in [7, 11) is 0. The van der Waals surface area contributed by atoms with Gasteiger partial charge in [0.15, 0.2) is 0 Å². The Bertz CT molecular complexity index is 943. The number of aromatic nitrogens is 4. The molecule has 4 rings (SSSR count). The number of tetrazole rings is 1. The van der Waals surface area contributed by atoms with Crippen molar-refractivity contribution < 1.29 is 13.9 Å². The zero-order valence-electron chi connectivity index (χ0n) is 14.7. The van der Waals surface area contributed by atoms with Gasteiger partial charge in [-0.15, -0.1) is 5.10 Å². The number of ether oxygens (including phenoxy) is 1. The van der Waals surface area contributed by atoms with Gasteiger partial charge in [-0.25, -0.2) is 9.07 Å². The van der Waals surface area contributed by atoms with Crippen LogP contribution in [0.1, 0.15) is 12.5 Å². The van der Waals surface area contributed by atoms with Gasteiger partial charge in [0.25, 0.3) is 0 Å². The van der Waals surface area contributed by atoms with Gasteiger partial charge in [0, 0.05) is 12.1 Å². The molecule has 2 heterocycles. The maximum absolute atomic E-state index is 13.2. The summed E-state index contributed by atoms with van der Waals surface area (Å²) in [4.78, 5) is 14.5. The standard InChI is InChI=1S/C19H18FN5O2/c1-13-11-27-18-7-4-15(14-2-5-17(20)6-3-14)8-16(18)9-25(13)19(26)10-24-12-21-22-23-24/h2-8,12-13H,9-11H2,1H3/t13-/m0/s1. The van der Waals surface area contributed by atoms with Crippen LogP contribution in [-0.2, 0) is 17.9 Å². The van der Waals surface area contributed by atoms with E-state index in [-0.39, 0.29) is 24.3 Å². The highest BCUT2D eigenvalue weighted by Crippen LogP contribution is 2.30. The second kappa shape index (κ2) is 7.14. The topological polar surface area (TPSA) is 73.1 Å². The van der Waals surface area contributed by atoms with Crippen LogP contribution in [0.3, 0.4) is 0 Å². The fourth-order valence-electron chi connectivity index (χ4n) is 3.12. The first kappa shape index (κ1) is 17.1. The van der Waals surface area contributed by atoms with Crippen molar-refractivity contribution in [3.8, 4) is 16.9 Å². The third-order valence-electron chi connectivity index (χ3n) is 4.60. The first-order chi connectivity index (χ1) is 13.1. The quantitative estimate of drug-likeness (QED) is 0.710. The van der Waals surface area contributed by atoms with E-state index in [4.69, 9.17) is 4.74 Å². The Morgan fingerprint density at radius 2 is 2.00 bits per heavy atom. The van der Waals surface area contributed by atoms with Gasteiger partial charge in [0.1, 0.15) is 31.0 Å². The molecule has 0 N–H and O–H groups in total. The molecule has 3 aromatic rings. The van der Waals surface area contributed by atoms with Gasteiger partial charge in [0.05, 0.1) is 6.04 Å². The molecule has 1 amide bonds. The first-order valence-corrected chi connectivity index (χ1v) is 8.62. The van der Waals surface area contributed by atoms with Crippen molar-refractivity contribution >= 4 is 5.91 Å². The van der Waals surface area contributed by atoms with Crippen LogP contribution in [0.2, 0.25) is 0 Å².